The van der Waals surface area contributed by atoms with E-state index >= 15 is 0 Å². The van der Waals surface area contributed by atoms with Gasteiger partial charge in [-0.15, -0.1) is 5.10 Å². The van der Waals surface area contributed by atoms with E-state index in [4.69, 9.17) is 0 Å². The van der Waals surface area contributed by atoms with Crippen molar-refractivity contribution in [1.82, 2.24) is 20.3 Å². The number of halogens is 2. The maximum Gasteiger partial charge on any atom is 0.278 e. The van der Waals surface area contributed by atoms with Gasteiger partial charge < -0.3 is 5.32 Å². The van der Waals surface area contributed by atoms with Crippen molar-refractivity contribution in [3.05, 3.63) is 70.0 Å². The van der Waals surface area contributed by atoms with Gasteiger partial charge in [0.05, 0.1) is 5.39 Å². The van der Waals surface area contributed by atoms with Gasteiger partial charge in [-0.3, -0.25) is 9.59 Å². The molecule has 2 aromatic carbocycles. The molecule has 0 fully saturated rings. The quantitative estimate of drug-likeness (QED) is 0.785. The highest BCUT2D eigenvalue weighted by Crippen LogP contribution is 2.10. The van der Waals surface area contributed by atoms with Gasteiger partial charge in [0.1, 0.15) is 23.2 Å². The van der Waals surface area contributed by atoms with Crippen molar-refractivity contribution in [2.45, 2.75) is 19.5 Å². The van der Waals surface area contributed by atoms with Crippen LogP contribution >= 0.6 is 0 Å². The average molecular weight is 344 g/mol. The maximum atomic E-state index is 13.6. The van der Waals surface area contributed by atoms with Gasteiger partial charge in [-0.2, -0.15) is 4.68 Å². The van der Waals surface area contributed by atoms with Crippen LogP contribution in [0.25, 0.3) is 10.9 Å². The summed E-state index contributed by atoms with van der Waals surface area (Å²) in [7, 11) is 0. The standard InChI is InChI=1S/C17H14F2N4O2/c1-10(16(24)20-9-11-6-7-12(18)8-14(11)19)23-17(25)13-4-2-3-5-15(13)21-22-23/h2-8,10H,9H2,1H3,(H,20,24)/t10-/m1/s1. The highest BCUT2D eigenvalue weighted by Gasteiger charge is 2.19. The Morgan fingerprint density at radius 1 is 1.24 bits per heavy atom. The molecule has 0 bridgehead atoms. The van der Waals surface area contributed by atoms with Crippen LogP contribution in [-0.2, 0) is 11.3 Å². The minimum atomic E-state index is -0.937. The molecule has 1 amide bonds. The molecule has 6 nitrogen and oxygen atoms in total. The Bertz CT molecular complexity index is 1000. The summed E-state index contributed by atoms with van der Waals surface area (Å²) in [6.45, 7) is 1.35. The lowest BCUT2D eigenvalue weighted by Gasteiger charge is -2.14. The van der Waals surface area contributed by atoms with E-state index < -0.39 is 29.1 Å². The summed E-state index contributed by atoms with van der Waals surface area (Å²) in [4.78, 5) is 24.7. The number of nitrogens with one attached hydrogen (secondary N) is 1. The van der Waals surface area contributed by atoms with E-state index in [1.165, 1.54) is 13.0 Å². The van der Waals surface area contributed by atoms with E-state index in [9.17, 15) is 18.4 Å². The Kier molecular flexibility index (Phi) is 4.51. The summed E-state index contributed by atoms with van der Waals surface area (Å²) >= 11 is 0. The smallest absolute Gasteiger partial charge is 0.278 e. The first-order chi connectivity index (χ1) is 12.0. The molecule has 0 aliphatic heterocycles. The molecule has 0 spiro atoms. The lowest BCUT2D eigenvalue weighted by Crippen LogP contribution is -2.37. The molecule has 8 heteroatoms. The Morgan fingerprint density at radius 3 is 2.76 bits per heavy atom. The lowest BCUT2D eigenvalue weighted by atomic mass is 10.2. The van der Waals surface area contributed by atoms with Crippen LogP contribution in [0.3, 0.4) is 0 Å². The molecule has 1 heterocycles. The summed E-state index contributed by atoms with van der Waals surface area (Å²) in [5.41, 5.74) is 0.129. The number of benzene rings is 2. The van der Waals surface area contributed by atoms with Gasteiger partial charge in [0.25, 0.3) is 5.56 Å². The van der Waals surface area contributed by atoms with E-state index in [1.807, 2.05) is 0 Å². The first kappa shape index (κ1) is 16.7. The van der Waals surface area contributed by atoms with E-state index in [0.717, 1.165) is 16.8 Å². The molecule has 0 radical (unpaired) electrons. The fraction of sp³-hybridized carbons (Fsp3) is 0.176. The molecule has 1 aromatic heterocycles. The predicted molar refractivity (Wildman–Crippen MR) is 86.7 cm³/mol. The molecule has 0 saturated heterocycles. The van der Waals surface area contributed by atoms with Gasteiger partial charge in [-0.05, 0) is 25.1 Å². The number of amides is 1. The predicted octanol–water partition coefficient (Wildman–Crippen LogP) is 1.95. The second-order valence-electron chi connectivity index (χ2n) is 5.49. The van der Waals surface area contributed by atoms with E-state index in [2.05, 4.69) is 15.6 Å². The van der Waals surface area contributed by atoms with Crippen LogP contribution in [0.5, 0.6) is 0 Å². The Hall–Kier alpha value is -3.16. The van der Waals surface area contributed by atoms with Crippen LogP contribution < -0.4 is 10.9 Å². The van der Waals surface area contributed by atoms with Gasteiger partial charge in [0, 0.05) is 18.2 Å². The zero-order valence-corrected chi connectivity index (χ0v) is 13.2. The molecular weight excluding hydrogens is 330 g/mol. The number of hydrogen-bond donors (Lipinski definition) is 1. The van der Waals surface area contributed by atoms with Crippen LogP contribution in [0, 0.1) is 11.6 Å². The van der Waals surface area contributed by atoms with Crippen molar-refractivity contribution in [3.63, 3.8) is 0 Å². The molecule has 1 atom stereocenters. The summed E-state index contributed by atoms with van der Waals surface area (Å²) in [5.74, 6) is -1.98. The van der Waals surface area contributed by atoms with Crippen LogP contribution in [0.4, 0.5) is 8.78 Å². The summed E-state index contributed by atoms with van der Waals surface area (Å²) in [5, 5.41) is 10.6. The van der Waals surface area contributed by atoms with Gasteiger partial charge in [0.15, 0.2) is 0 Å². The summed E-state index contributed by atoms with van der Waals surface area (Å²) in [6.07, 6.45) is 0. The number of aromatic nitrogens is 3. The van der Waals surface area contributed by atoms with Gasteiger partial charge in [-0.25, -0.2) is 8.78 Å². The molecule has 0 unspecified atom stereocenters. The third-order valence-corrected chi connectivity index (χ3v) is 3.81. The van der Waals surface area contributed by atoms with Crippen molar-refractivity contribution < 1.29 is 13.6 Å². The van der Waals surface area contributed by atoms with Crippen molar-refractivity contribution in [1.29, 1.82) is 0 Å². The molecule has 25 heavy (non-hydrogen) atoms. The molecule has 3 rings (SSSR count). The zero-order valence-electron chi connectivity index (χ0n) is 13.2. The van der Waals surface area contributed by atoms with Gasteiger partial charge in [0.2, 0.25) is 5.91 Å². The maximum absolute atomic E-state index is 13.6. The van der Waals surface area contributed by atoms with Crippen LogP contribution in [-0.4, -0.2) is 20.9 Å². The Labute approximate surface area is 141 Å². The first-order valence-corrected chi connectivity index (χ1v) is 7.53. The minimum Gasteiger partial charge on any atom is -0.350 e. The number of carbonyl (C=O) groups is 1. The van der Waals surface area contributed by atoms with E-state index in [-0.39, 0.29) is 12.1 Å². The fourth-order valence-electron chi connectivity index (χ4n) is 2.36. The average Bonchev–Trinajstić information content (AvgIpc) is 2.61. The van der Waals surface area contributed by atoms with Crippen molar-refractivity contribution in [2.24, 2.45) is 0 Å². The highest BCUT2D eigenvalue weighted by atomic mass is 19.1. The SMILES string of the molecule is C[C@H](C(=O)NCc1ccc(F)cc1F)n1nnc2ccccc2c1=O. The van der Waals surface area contributed by atoms with Crippen molar-refractivity contribution in [3.8, 4) is 0 Å². The molecule has 128 valence electrons. The summed E-state index contributed by atoms with van der Waals surface area (Å²) < 4.78 is 27.5. The highest BCUT2D eigenvalue weighted by molar-refractivity contribution is 5.81. The second-order valence-corrected chi connectivity index (χ2v) is 5.49. The normalized spacial score (nSPS) is 12.1. The molecule has 3 aromatic rings. The minimum absolute atomic E-state index is 0.134. The topological polar surface area (TPSA) is 76.9 Å². The molecule has 0 aliphatic rings. The lowest BCUT2D eigenvalue weighted by molar-refractivity contribution is -0.124. The van der Waals surface area contributed by atoms with Crippen molar-refractivity contribution in [2.75, 3.05) is 0 Å². The van der Waals surface area contributed by atoms with Gasteiger partial charge >= 0.3 is 0 Å². The molecular formula is C17H14F2N4O2. The third kappa shape index (κ3) is 3.37. The Morgan fingerprint density at radius 2 is 2.00 bits per heavy atom. The molecule has 1 N–H and O–H groups in total. The number of carbonyl (C=O) groups excluding carboxylic acids is 1. The third-order valence-electron chi connectivity index (χ3n) is 3.81. The van der Waals surface area contributed by atoms with Crippen molar-refractivity contribution >= 4 is 16.8 Å². The second kappa shape index (κ2) is 6.76. The Balaban J connectivity index is 1.78. The summed E-state index contributed by atoms with van der Waals surface area (Å²) in [6, 6.07) is 8.83. The van der Waals surface area contributed by atoms with E-state index in [0.29, 0.717) is 10.9 Å². The monoisotopic (exact) mass is 344 g/mol. The number of hydrogen-bond acceptors (Lipinski definition) is 4. The fourth-order valence-corrected chi connectivity index (χ4v) is 2.36. The number of rotatable bonds is 4. The number of nitrogens with zero attached hydrogens (tertiary/aromatic N) is 3. The van der Waals surface area contributed by atoms with E-state index in [1.54, 1.807) is 24.3 Å². The number of fused-ring (bicyclic) bond motifs is 1. The molecule has 0 aliphatic carbocycles. The molecule has 0 saturated carbocycles. The van der Waals surface area contributed by atoms with Crippen LogP contribution in [0.2, 0.25) is 0 Å². The van der Waals surface area contributed by atoms with Gasteiger partial charge in [-0.1, -0.05) is 23.4 Å². The largest absolute Gasteiger partial charge is 0.350 e. The first-order valence-electron chi connectivity index (χ1n) is 7.53. The van der Waals surface area contributed by atoms with Crippen LogP contribution in [0.15, 0.2) is 47.3 Å². The zero-order chi connectivity index (χ0) is 18.0. The van der Waals surface area contributed by atoms with Crippen LogP contribution in [0.1, 0.15) is 18.5 Å².